The van der Waals surface area contributed by atoms with Crippen LogP contribution in [0.2, 0.25) is 0 Å². The smallest absolute Gasteiger partial charge is 0.166 e. The number of halogens is 1. The van der Waals surface area contributed by atoms with Crippen LogP contribution in [0.5, 0.6) is 5.75 Å². The van der Waals surface area contributed by atoms with Gasteiger partial charge in [0.15, 0.2) is 11.6 Å². The zero-order valence-electron chi connectivity index (χ0n) is 13.7. The van der Waals surface area contributed by atoms with E-state index in [-0.39, 0.29) is 11.9 Å². The number of benzene rings is 1. The van der Waals surface area contributed by atoms with Crippen LogP contribution < -0.4 is 10.5 Å². The number of aryl methyl sites for hydroxylation is 1. The molecule has 2 heterocycles. The topological polar surface area (TPSA) is 66.0 Å². The quantitative estimate of drug-likeness (QED) is 0.737. The first-order valence-electron chi connectivity index (χ1n) is 8.41. The molecule has 4 rings (SSSR count). The summed E-state index contributed by atoms with van der Waals surface area (Å²) in [5.74, 6) is 0.568. The van der Waals surface area contributed by atoms with Gasteiger partial charge in [0.05, 0.1) is 11.9 Å². The van der Waals surface area contributed by atoms with Gasteiger partial charge in [-0.1, -0.05) is 6.07 Å². The van der Waals surface area contributed by atoms with E-state index in [2.05, 4.69) is 10.1 Å². The van der Waals surface area contributed by atoms with Crippen LogP contribution in [0.25, 0.3) is 5.69 Å². The molecule has 128 valence electrons. The molecule has 2 N–H and O–H groups in total. The van der Waals surface area contributed by atoms with Crippen LogP contribution >= 0.6 is 0 Å². The van der Waals surface area contributed by atoms with Crippen LogP contribution in [0.4, 0.5) is 10.2 Å². The van der Waals surface area contributed by atoms with Gasteiger partial charge in [0.1, 0.15) is 11.9 Å². The molecular weight excluding hydrogens is 319 g/mol. The lowest BCUT2D eigenvalue weighted by atomic mass is 10.0. The predicted octanol–water partition coefficient (Wildman–Crippen LogP) is 3.84. The number of nitrogens with zero attached hydrogens (tertiary/aromatic N) is 3. The number of anilines is 1. The Balaban J connectivity index is 1.68. The molecule has 1 aliphatic rings. The normalized spacial score (nSPS) is 16.9. The van der Waals surface area contributed by atoms with Crippen LogP contribution in [0.3, 0.4) is 0 Å². The summed E-state index contributed by atoms with van der Waals surface area (Å²) in [6.07, 6.45) is 8.79. The fraction of sp³-hybridized carbons (Fsp3) is 0.263. The molecule has 0 radical (unpaired) electrons. The molecule has 1 aromatic carbocycles. The number of rotatable bonds is 3. The van der Waals surface area contributed by atoms with Crippen molar-refractivity contribution >= 4 is 5.82 Å². The summed E-state index contributed by atoms with van der Waals surface area (Å²) in [5, 5.41) is 4.20. The lowest BCUT2D eigenvalue weighted by Gasteiger charge is -2.21. The largest absolute Gasteiger partial charge is 0.482 e. The van der Waals surface area contributed by atoms with E-state index in [1.807, 2.05) is 24.4 Å². The maximum Gasteiger partial charge on any atom is 0.166 e. The van der Waals surface area contributed by atoms with E-state index in [1.165, 1.54) is 6.07 Å². The number of hydrogen-bond donors (Lipinski definition) is 1. The van der Waals surface area contributed by atoms with E-state index in [9.17, 15) is 4.39 Å². The third kappa shape index (κ3) is 3.20. The highest BCUT2D eigenvalue weighted by molar-refractivity contribution is 5.51. The first kappa shape index (κ1) is 15.6. The van der Waals surface area contributed by atoms with E-state index in [1.54, 1.807) is 23.1 Å². The maximum atomic E-state index is 13.8. The average molecular weight is 338 g/mol. The number of nitrogens with two attached hydrogens (primary N) is 1. The number of fused-ring (bicyclic) bond motifs is 1. The van der Waals surface area contributed by atoms with Crippen molar-refractivity contribution in [3.63, 3.8) is 0 Å². The summed E-state index contributed by atoms with van der Waals surface area (Å²) < 4.78 is 21.6. The number of hydrogen-bond acceptors (Lipinski definition) is 4. The highest BCUT2D eigenvalue weighted by Crippen LogP contribution is 2.35. The maximum absolute atomic E-state index is 13.8. The van der Waals surface area contributed by atoms with Gasteiger partial charge in [-0.05, 0) is 55.0 Å². The van der Waals surface area contributed by atoms with Crippen molar-refractivity contribution in [2.75, 3.05) is 5.73 Å². The Kier molecular flexibility index (Phi) is 4.09. The van der Waals surface area contributed by atoms with Crippen LogP contribution in [0.15, 0.2) is 48.9 Å². The lowest BCUT2D eigenvalue weighted by molar-refractivity contribution is 0.194. The van der Waals surface area contributed by atoms with Crippen LogP contribution in [-0.2, 0) is 6.42 Å². The van der Waals surface area contributed by atoms with E-state index in [0.717, 1.165) is 42.5 Å². The second-order valence-electron chi connectivity index (χ2n) is 6.22. The predicted molar refractivity (Wildman–Crippen MR) is 93.1 cm³/mol. The van der Waals surface area contributed by atoms with Gasteiger partial charge in [-0.2, -0.15) is 5.10 Å². The summed E-state index contributed by atoms with van der Waals surface area (Å²) in [7, 11) is 0. The van der Waals surface area contributed by atoms with Crippen molar-refractivity contribution < 1.29 is 9.13 Å². The number of ether oxygens (including phenoxy) is 1. The molecule has 0 amide bonds. The number of aromatic nitrogens is 3. The van der Waals surface area contributed by atoms with Crippen molar-refractivity contribution in [3.8, 4) is 11.4 Å². The molecule has 2 aromatic heterocycles. The molecular formula is C19H19FN4O. The molecule has 3 aromatic rings. The van der Waals surface area contributed by atoms with Crippen molar-refractivity contribution in [3.05, 3.63) is 65.9 Å². The Morgan fingerprint density at radius 3 is 3.00 bits per heavy atom. The second kappa shape index (κ2) is 6.55. The molecule has 5 nitrogen and oxygen atoms in total. The third-order valence-electron chi connectivity index (χ3n) is 4.52. The highest BCUT2D eigenvalue weighted by atomic mass is 19.1. The minimum Gasteiger partial charge on any atom is -0.482 e. The van der Waals surface area contributed by atoms with Gasteiger partial charge in [-0.3, -0.25) is 0 Å². The molecule has 0 saturated carbocycles. The molecule has 1 atom stereocenters. The Morgan fingerprint density at radius 2 is 2.16 bits per heavy atom. The summed E-state index contributed by atoms with van der Waals surface area (Å²) in [5.41, 5.74) is 8.82. The van der Waals surface area contributed by atoms with Crippen molar-refractivity contribution in [2.45, 2.75) is 31.8 Å². The lowest BCUT2D eigenvalue weighted by Crippen LogP contribution is -2.11. The van der Waals surface area contributed by atoms with E-state index in [4.69, 9.17) is 10.5 Å². The van der Waals surface area contributed by atoms with Crippen molar-refractivity contribution in [2.24, 2.45) is 0 Å². The first-order chi connectivity index (χ1) is 12.2. The van der Waals surface area contributed by atoms with Gasteiger partial charge in [-0.25, -0.2) is 14.1 Å². The van der Waals surface area contributed by atoms with Gasteiger partial charge in [-0.15, -0.1) is 0 Å². The summed E-state index contributed by atoms with van der Waals surface area (Å²) >= 11 is 0. The Bertz CT molecular complexity index is 879. The molecule has 1 unspecified atom stereocenters. The zero-order chi connectivity index (χ0) is 17.2. The monoisotopic (exact) mass is 338 g/mol. The molecule has 0 bridgehead atoms. The molecule has 25 heavy (non-hydrogen) atoms. The van der Waals surface area contributed by atoms with Gasteiger partial charge in [0.25, 0.3) is 0 Å². The van der Waals surface area contributed by atoms with Gasteiger partial charge in [0, 0.05) is 18.5 Å². The Labute approximate surface area is 145 Å². The van der Waals surface area contributed by atoms with Crippen molar-refractivity contribution in [1.29, 1.82) is 0 Å². The average Bonchev–Trinajstić information content (AvgIpc) is 3.08. The molecule has 0 spiro atoms. The number of pyridine rings is 1. The van der Waals surface area contributed by atoms with Crippen LogP contribution in [-0.4, -0.2) is 14.8 Å². The standard InChI is InChI=1S/C19H19FN4O/c20-14-7-6-13-4-1-2-5-17(16(13)10-14)25-18-11-15(12-22-19(18)21)24-9-3-8-23-24/h3,6-12,17H,1-2,4-5H2,(H2,21,22). The molecule has 0 aliphatic heterocycles. The first-order valence-corrected chi connectivity index (χ1v) is 8.41. The summed E-state index contributed by atoms with van der Waals surface area (Å²) in [4.78, 5) is 4.22. The number of nitrogen functional groups attached to an aromatic ring is 1. The van der Waals surface area contributed by atoms with Crippen LogP contribution in [0, 0.1) is 5.82 Å². The molecule has 0 fully saturated rings. The molecule has 6 heteroatoms. The van der Waals surface area contributed by atoms with Gasteiger partial charge < -0.3 is 10.5 Å². The third-order valence-corrected chi connectivity index (χ3v) is 4.52. The Morgan fingerprint density at radius 1 is 1.24 bits per heavy atom. The highest BCUT2D eigenvalue weighted by Gasteiger charge is 2.22. The van der Waals surface area contributed by atoms with Crippen LogP contribution in [0.1, 0.15) is 36.5 Å². The fourth-order valence-corrected chi connectivity index (χ4v) is 3.26. The molecule has 0 saturated heterocycles. The Hall–Kier alpha value is -2.89. The summed E-state index contributed by atoms with van der Waals surface area (Å²) in [6, 6.07) is 8.59. The van der Waals surface area contributed by atoms with Gasteiger partial charge in [0.2, 0.25) is 0 Å². The van der Waals surface area contributed by atoms with E-state index < -0.39 is 0 Å². The SMILES string of the molecule is Nc1ncc(-n2cccn2)cc1OC1CCCCc2ccc(F)cc21. The molecule has 1 aliphatic carbocycles. The summed E-state index contributed by atoms with van der Waals surface area (Å²) in [6.45, 7) is 0. The fourth-order valence-electron chi connectivity index (χ4n) is 3.26. The van der Waals surface area contributed by atoms with E-state index in [0.29, 0.717) is 11.6 Å². The second-order valence-corrected chi connectivity index (χ2v) is 6.22. The minimum atomic E-state index is -0.245. The van der Waals surface area contributed by atoms with E-state index >= 15 is 0 Å². The van der Waals surface area contributed by atoms with Crippen molar-refractivity contribution in [1.82, 2.24) is 14.8 Å². The van der Waals surface area contributed by atoms with Gasteiger partial charge >= 0.3 is 0 Å². The minimum absolute atomic E-state index is 0.231. The zero-order valence-corrected chi connectivity index (χ0v) is 13.7.